The van der Waals surface area contributed by atoms with E-state index < -0.39 is 0 Å². The van der Waals surface area contributed by atoms with E-state index in [0.29, 0.717) is 38.0 Å². The number of hydrogen-bond donors (Lipinski definition) is 4. The van der Waals surface area contributed by atoms with Gasteiger partial charge in [0.05, 0.1) is 22.3 Å². The zero-order valence-corrected chi connectivity index (χ0v) is 47.1. The molecule has 1 aromatic rings. The van der Waals surface area contributed by atoms with Gasteiger partial charge in [0.2, 0.25) is 0 Å². The Morgan fingerprint density at radius 2 is 0.514 bits per heavy atom. The Balaban J connectivity index is 2.95. The van der Waals surface area contributed by atoms with Crippen molar-refractivity contribution in [2.75, 3.05) is 26.2 Å². The predicted octanol–water partition coefficient (Wildman–Crippen LogP) is 17.6. The summed E-state index contributed by atoms with van der Waals surface area (Å²) < 4.78 is 0. The van der Waals surface area contributed by atoms with Crippen LogP contribution in [0.3, 0.4) is 0 Å². The van der Waals surface area contributed by atoms with Crippen LogP contribution >= 0.6 is 0 Å². The van der Waals surface area contributed by atoms with Crippen molar-refractivity contribution in [2.24, 2.45) is 11.8 Å². The molecule has 8 nitrogen and oxygen atoms in total. The quantitative estimate of drug-likeness (QED) is 0.0487. The van der Waals surface area contributed by atoms with Crippen molar-refractivity contribution in [3.63, 3.8) is 0 Å². The largest absolute Gasteiger partial charge is 0.352 e. The highest BCUT2D eigenvalue weighted by atomic mass is 16.2. The zero-order chi connectivity index (χ0) is 51.1. The molecule has 0 radical (unpaired) electrons. The molecule has 4 N–H and O–H groups in total. The summed E-state index contributed by atoms with van der Waals surface area (Å²) in [4.78, 5) is 56.4. The summed E-state index contributed by atoms with van der Waals surface area (Å²) >= 11 is 0. The number of carbonyl (C=O) groups is 4. The fourth-order valence-corrected chi connectivity index (χ4v) is 9.84. The van der Waals surface area contributed by atoms with Crippen molar-refractivity contribution < 1.29 is 19.2 Å². The Hall–Kier alpha value is -2.90. The van der Waals surface area contributed by atoms with Gasteiger partial charge >= 0.3 is 0 Å². The van der Waals surface area contributed by atoms with Crippen molar-refractivity contribution in [1.29, 1.82) is 0 Å². The maximum absolute atomic E-state index is 14.1. The molecule has 0 aliphatic carbocycles. The minimum absolute atomic E-state index is 0.146. The molecule has 70 heavy (non-hydrogen) atoms. The van der Waals surface area contributed by atoms with Gasteiger partial charge < -0.3 is 21.3 Å². The lowest BCUT2D eigenvalue weighted by atomic mass is 9.94. The van der Waals surface area contributed by atoms with E-state index in [-0.39, 0.29) is 45.9 Å². The van der Waals surface area contributed by atoms with E-state index in [2.05, 4.69) is 62.8 Å². The highest BCUT2D eigenvalue weighted by Gasteiger charge is 2.27. The predicted molar refractivity (Wildman–Crippen MR) is 301 cm³/mol. The van der Waals surface area contributed by atoms with Gasteiger partial charge in [-0.15, -0.1) is 0 Å². The first kappa shape index (κ1) is 65.1. The molecule has 0 fully saturated rings. The summed E-state index contributed by atoms with van der Waals surface area (Å²) in [5, 5.41) is 12.4. The van der Waals surface area contributed by atoms with Crippen molar-refractivity contribution in [3.05, 3.63) is 34.4 Å². The van der Waals surface area contributed by atoms with Crippen LogP contribution < -0.4 is 21.3 Å². The average Bonchev–Trinajstić information content (AvgIpc) is 3.37. The summed E-state index contributed by atoms with van der Waals surface area (Å²) in [7, 11) is 0. The topological polar surface area (TPSA) is 116 Å². The van der Waals surface area contributed by atoms with E-state index in [1.165, 1.54) is 179 Å². The monoisotopic (exact) mass is 979 g/mol. The lowest BCUT2D eigenvalue weighted by molar-refractivity contribution is 0.0903. The Kier molecular flexibility index (Phi) is 43.8. The third kappa shape index (κ3) is 33.7. The van der Waals surface area contributed by atoms with Crippen LogP contribution in [0, 0.1) is 11.8 Å². The summed E-state index contributed by atoms with van der Waals surface area (Å²) in [6, 6.07) is 3.02. The second kappa shape index (κ2) is 47.1. The lowest BCUT2D eigenvalue weighted by Gasteiger charge is -2.19. The summed E-state index contributed by atoms with van der Waals surface area (Å²) in [5.74, 6) is -0.885. The second-order valence-corrected chi connectivity index (χ2v) is 21.3. The van der Waals surface area contributed by atoms with Crippen LogP contribution in [0.4, 0.5) is 0 Å². The van der Waals surface area contributed by atoms with E-state index in [0.717, 1.165) is 89.9 Å². The number of carbonyl (C=O) groups excluding carboxylic acids is 4. The third-order valence-corrected chi connectivity index (χ3v) is 15.0. The van der Waals surface area contributed by atoms with Gasteiger partial charge in [-0.1, -0.05) is 273 Å². The van der Waals surface area contributed by atoms with Gasteiger partial charge in [-0.25, -0.2) is 0 Å². The average molecular weight is 980 g/mol. The molecule has 0 aliphatic rings. The van der Waals surface area contributed by atoms with Crippen LogP contribution in [0.25, 0.3) is 0 Å². The van der Waals surface area contributed by atoms with E-state index in [1.54, 1.807) is 0 Å². The van der Waals surface area contributed by atoms with Crippen LogP contribution in [0.1, 0.15) is 340 Å². The molecule has 0 bridgehead atoms. The van der Waals surface area contributed by atoms with Crippen LogP contribution in [0.5, 0.6) is 0 Å². The Bertz CT molecular complexity index is 1330. The first-order valence-corrected chi connectivity index (χ1v) is 30.6. The highest BCUT2D eigenvalue weighted by Crippen LogP contribution is 2.22. The van der Waals surface area contributed by atoms with Crippen LogP contribution in [0.2, 0.25) is 0 Å². The molecule has 0 saturated carbocycles. The van der Waals surface area contributed by atoms with E-state index in [9.17, 15) is 19.2 Å². The smallest absolute Gasteiger partial charge is 0.252 e. The number of nitrogens with one attached hydrogen (secondary N) is 4. The van der Waals surface area contributed by atoms with Gasteiger partial charge in [0, 0.05) is 26.2 Å². The number of rotatable bonds is 50. The molecule has 8 heteroatoms. The van der Waals surface area contributed by atoms with Crippen molar-refractivity contribution in [3.8, 4) is 0 Å². The molecule has 1 aromatic carbocycles. The van der Waals surface area contributed by atoms with Crippen LogP contribution in [0.15, 0.2) is 12.1 Å². The minimum Gasteiger partial charge on any atom is -0.352 e. The molecule has 1 rings (SSSR count). The molecule has 2 atom stereocenters. The van der Waals surface area contributed by atoms with Crippen molar-refractivity contribution in [1.82, 2.24) is 21.3 Å². The van der Waals surface area contributed by atoms with Gasteiger partial charge in [-0.05, 0) is 49.7 Å². The van der Waals surface area contributed by atoms with Crippen molar-refractivity contribution >= 4 is 23.6 Å². The Morgan fingerprint density at radius 1 is 0.300 bits per heavy atom. The molecular weight excluding hydrogens is 865 g/mol. The fraction of sp³-hybridized carbons (Fsp3) is 0.839. The third-order valence-electron chi connectivity index (χ3n) is 15.0. The molecule has 0 saturated heterocycles. The van der Waals surface area contributed by atoms with Gasteiger partial charge in [0.15, 0.2) is 0 Å². The highest BCUT2D eigenvalue weighted by molar-refractivity contribution is 6.14. The van der Waals surface area contributed by atoms with Gasteiger partial charge in [0.1, 0.15) is 0 Å². The molecule has 406 valence electrons. The first-order valence-electron chi connectivity index (χ1n) is 30.6. The number of unbranched alkanes of at least 4 members (excludes halogenated alkanes) is 32. The molecule has 4 amide bonds. The molecule has 0 heterocycles. The number of benzene rings is 1. The first-order chi connectivity index (χ1) is 34.3. The summed E-state index contributed by atoms with van der Waals surface area (Å²) in [5.41, 5.74) is 0.586. The lowest BCUT2D eigenvalue weighted by Crippen LogP contribution is -2.36. The molecule has 0 aromatic heterocycles. The van der Waals surface area contributed by atoms with Crippen LogP contribution in [-0.2, 0) is 0 Å². The van der Waals surface area contributed by atoms with Gasteiger partial charge in [-0.3, -0.25) is 19.2 Å². The molecule has 0 spiro atoms. The second-order valence-electron chi connectivity index (χ2n) is 21.3. The summed E-state index contributed by atoms with van der Waals surface area (Å²) in [6.07, 6.45) is 49.4. The fourth-order valence-electron chi connectivity index (χ4n) is 9.84. The normalized spacial score (nSPS) is 12.2. The van der Waals surface area contributed by atoms with Crippen LogP contribution in [-0.4, -0.2) is 49.8 Å². The SMILES string of the molecule is CCCCCCCCCCCCCCCCCCNC(=O)c1cc(C(=O)NCCCCCCCCCCCCCCCCCC)c(C(=O)NCC(CC)CCCC)cc1C(=O)NCC(CC)CCCC. The van der Waals surface area contributed by atoms with E-state index in [4.69, 9.17) is 0 Å². The zero-order valence-electron chi connectivity index (χ0n) is 47.1. The van der Waals surface area contributed by atoms with Gasteiger partial charge in [0.25, 0.3) is 23.6 Å². The minimum atomic E-state index is -0.383. The maximum Gasteiger partial charge on any atom is 0.252 e. The van der Waals surface area contributed by atoms with E-state index >= 15 is 0 Å². The van der Waals surface area contributed by atoms with E-state index in [1.807, 2.05) is 0 Å². The maximum atomic E-state index is 14.1. The standard InChI is InChI=1S/C62H114N4O4/c1-7-13-17-19-21-23-25-27-29-31-33-35-37-39-41-43-47-63-59(67)55-49-56(60(68)64-48-44-42-40-38-36-34-32-30-28-26-24-22-20-18-14-8-2)58(62(70)66-52-54(12-6)46-16-10-4)50-57(55)61(69)65-51-53(11-5)45-15-9-3/h49-50,53-54H,7-48,51-52H2,1-6H3,(H,63,67)(H,64,68)(H,65,69)(H,66,70). The Morgan fingerprint density at radius 3 is 0.743 bits per heavy atom. The molecule has 2 unspecified atom stereocenters. The van der Waals surface area contributed by atoms with Gasteiger partial charge in [-0.2, -0.15) is 0 Å². The number of amides is 4. The molecule has 0 aliphatic heterocycles. The molecular formula is C62H114N4O4. The number of hydrogen-bond acceptors (Lipinski definition) is 4. The van der Waals surface area contributed by atoms with Crippen molar-refractivity contribution in [2.45, 2.75) is 298 Å². The summed E-state index contributed by atoms with van der Waals surface area (Å²) in [6.45, 7) is 15.2. The Labute approximate surface area is 433 Å².